The normalized spacial score (nSPS) is 15.9. The highest BCUT2D eigenvalue weighted by molar-refractivity contribution is 6.07. The molecule has 3 heteroatoms. The number of benzene rings is 2. The van der Waals surface area contributed by atoms with Crippen molar-refractivity contribution in [2.45, 2.75) is 47.0 Å². The molecular weight excluding hydrogens is 382 g/mol. The van der Waals surface area contributed by atoms with Crippen LogP contribution >= 0.6 is 0 Å². The maximum atomic E-state index is 12.5. The Morgan fingerprint density at radius 1 is 0.871 bits per heavy atom. The quantitative estimate of drug-likeness (QED) is 0.317. The van der Waals surface area contributed by atoms with Crippen molar-refractivity contribution in [2.24, 2.45) is 5.92 Å². The molecule has 1 aliphatic heterocycles. The van der Waals surface area contributed by atoms with E-state index in [4.69, 9.17) is 0 Å². The molecule has 3 nitrogen and oxygen atoms in total. The molecule has 1 heterocycles. The van der Waals surface area contributed by atoms with Crippen molar-refractivity contribution in [3.8, 4) is 0 Å². The first-order valence-corrected chi connectivity index (χ1v) is 11.3. The molecule has 31 heavy (non-hydrogen) atoms. The first-order valence-electron chi connectivity index (χ1n) is 11.3. The third-order valence-corrected chi connectivity index (χ3v) is 6.10. The summed E-state index contributed by atoms with van der Waals surface area (Å²) in [6, 6.07) is 15.5. The van der Waals surface area contributed by atoms with Crippen molar-refractivity contribution in [2.75, 3.05) is 26.7 Å². The topological polar surface area (TPSA) is 34.1 Å². The second-order valence-corrected chi connectivity index (χ2v) is 9.42. The Kier molecular flexibility index (Phi) is 8.94. The van der Waals surface area contributed by atoms with Gasteiger partial charge in [-0.25, -0.2) is 0 Å². The molecule has 0 radical (unpaired) electrons. The molecule has 3 rings (SSSR count). The van der Waals surface area contributed by atoms with Crippen molar-refractivity contribution in [3.05, 3.63) is 82.9 Å². The van der Waals surface area contributed by atoms with Gasteiger partial charge in [0.1, 0.15) is 0 Å². The highest BCUT2D eigenvalue weighted by Crippen LogP contribution is 2.20. The second-order valence-electron chi connectivity index (χ2n) is 9.42. The number of allylic oxidation sites excluding steroid dienone is 1. The molecule has 2 aromatic carbocycles. The minimum Gasteiger partial charge on any atom is -0.325 e. The number of likely N-dealkylation sites (tertiary alicyclic amines) is 1. The average molecular weight is 421 g/mol. The van der Waals surface area contributed by atoms with Crippen LogP contribution in [0.1, 0.15) is 65.0 Å². The van der Waals surface area contributed by atoms with Gasteiger partial charge >= 0.3 is 0 Å². The van der Waals surface area contributed by atoms with Crippen molar-refractivity contribution in [1.29, 1.82) is 0 Å². The van der Waals surface area contributed by atoms with Gasteiger partial charge < -0.3 is 4.48 Å². The summed E-state index contributed by atoms with van der Waals surface area (Å²) in [6.45, 7) is 14.9. The molecule has 1 unspecified atom stereocenters. The molecule has 1 aliphatic rings. The van der Waals surface area contributed by atoms with Crippen molar-refractivity contribution in [1.82, 2.24) is 0 Å². The van der Waals surface area contributed by atoms with Gasteiger partial charge in [0.15, 0.2) is 11.6 Å². The number of carbonyl (C=O) groups excluding carboxylic acids is 2. The molecule has 0 amide bonds. The van der Waals surface area contributed by atoms with E-state index in [2.05, 4.69) is 27.5 Å². The summed E-state index contributed by atoms with van der Waals surface area (Å²) in [5.41, 5.74) is 4.53. The summed E-state index contributed by atoms with van der Waals surface area (Å²) < 4.78 is 1.07. The Balaban J connectivity index is 0.000000245. The van der Waals surface area contributed by atoms with E-state index in [1.807, 2.05) is 55.5 Å². The van der Waals surface area contributed by atoms with Gasteiger partial charge in [0.25, 0.3) is 0 Å². The average Bonchev–Trinajstić information content (AvgIpc) is 2.74. The second kappa shape index (κ2) is 11.2. The van der Waals surface area contributed by atoms with Crippen LogP contribution in [0.15, 0.2) is 60.7 Å². The highest BCUT2D eigenvalue weighted by Gasteiger charge is 2.29. The summed E-state index contributed by atoms with van der Waals surface area (Å²) in [5, 5.41) is 0. The molecule has 0 spiro atoms. The summed E-state index contributed by atoms with van der Waals surface area (Å²) in [4.78, 5) is 23.8. The standard InChI is InChI=1S/C17H26NO.C11H12O/c1-14-7-9-16(10-8-14)17(19)15(2)13-18(3)11-5-4-6-12-18;1-8(2)11(12)10-6-4-9(3)5-7-10/h7-10,15H,4-6,11-13H2,1-3H3;4-7H,1H2,2-3H3/q+1;. The van der Waals surface area contributed by atoms with Gasteiger partial charge in [0.05, 0.1) is 32.6 Å². The largest absolute Gasteiger partial charge is 0.325 e. The van der Waals surface area contributed by atoms with Crippen LogP contribution in [0.3, 0.4) is 0 Å². The highest BCUT2D eigenvalue weighted by atomic mass is 16.1. The number of ketones is 2. The van der Waals surface area contributed by atoms with Gasteiger partial charge in [0.2, 0.25) is 0 Å². The van der Waals surface area contributed by atoms with Crippen LogP contribution in [0.2, 0.25) is 0 Å². The van der Waals surface area contributed by atoms with Crippen LogP contribution in [0.4, 0.5) is 0 Å². The number of hydrogen-bond acceptors (Lipinski definition) is 2. The predicted octanol–water partition coefficient (Wildman–Crippen LogP) is 6.20. The minimum atomic E-state index is 0.0231. The Morgan fingerprint density at radius 3 is 1.77 bits per heavy atom. The summed E-state index contributed by atoms with van der Waals surface area (Å²) in [7, 11) is 2.30. The number of Topliss-reactive ketones (excluding diaryl/α,β-unsaturated/α-hetero) is 2. The zero-order chi connectivity index (χ0) is 23.0. The maximum Gasteiger partial charge on any atom is 0.188 e. The van der Waals surface area contributed by atoms with Gasteiger partial charge in [-0.05, 0) is 52.5 Å². The van der Waals surface area contributed by atoms with Gasteiger partial charge in [-0.2, -0.15) is 0 Å². The van der Waals surface area contributed by atoms with E-state index in [0.717, 1.165) is 22.2 Å². The molecule has 166 valence electrons. The summed E-state index contributed by atoms with van der Waals surface area (Å²) >= 11 is 0. The van der Waals surface area contributed by atoms with Crippen LogP contribution in [0.5, 0.6) is 0 Å². The minimum absolute atomic E-state index is 0.0231. The molecule has 2 aromatic rings. The summed E-state index contributed by atoms with van der Waals surface area (Å²) in [6.07, 6.45) is 3.97. The van der Waals surface area contributed by atoms with Crippen LogP contribution in [0.25, 0.3) is 0 Å². The van der Waals surface area contributed by atoms with Gasteiger partial charge in [0, 0.05) is 11.1 Å². The molecule has 0 aliphatic carbocycles. The predicted molar refractivity (Wildman–Crippen MR) is 130 cm³/mol. The maximum absolute atomic E-state index is 12.5. The zero-order valence-electron chi connectivity index (χ0n) is 19.9. The van der Waals surface area contributed by atoms with E-state index >= 15 is 0 Å². The van der Waals surface area contributed by atoms with Crippen LogP contribution < -0.4 is 0 Å². The fourth-order valence-electron chi connectivity index (χ4n) is 4.16. The number of rotatable bonds is 6. The number of quaternary nitrogens is 1. The lowest BCUT2D eigenvalue weighted by molar-refractivity contribution is -0.915. The summed E-state index contributed by atoms with van der Waals surface area (Å²) in [5.74, 6) is 0.436. The van der Waals surface area contributed by atoms with Gasteiger partial charge in [-0.1, -0.05) is 66.2 Å². The molecule has 1 atom stereocenters. The zero-order valence-corrected chi connectivity index (χ0v) is 19.9. The lowest BCUT2D eigenvalue weighted by Gasteiger charge is -2.39. The first kappa shape index (κ1) is 24.7. The molecule has 1 saturated heterocycles. The smallest absolute Gasteiger partial charge is 0.188 e. The molecule has 1 fully saturated rings. The molecule has 0 saturated carbocycles. The Bertz CT molecular complexity index is 888. The van der Waals surface area contributed by atoms with Gasteiger partial charge in [-0.3, -0.25) is 9.59 Å². The number of aryl methyl sites for hydroxylation is 2. The number of nitrogens with zero attached hydrogens (tertiary/aromatic N) is 1. The van der Waals surface area contributed by atoms with E-state index in [1.165, 1.54) is 37.9 Å². The first-order chi connectivity index (χ1) is 14.6. The fraction of sp³-hybridized carbons (Fsp3) is 0.429. The van der Waals surface area contributed by atoms with E-state index in [-0.39, 0.29) is 11.7 Å². The van der Waals surface area contributed by atoms with Crippen LogP contribution in [0, 0.1) is 19.8 Å². The van der Waals surface area contributed by atoms with Crippen molar-refractivity contribution >= 4 is 11.6 Å². The third-order valence-electron chi connectivity index (χ3n) is 6.10. The number of carbonyl (C=O) groups is 2. The monoisotopic (exact) mass is 420 g/mol. The van der Waals surface area contributed by atoms with E-state index in [0.29, 0.717) is 16.9 Å². The van der Waals surface area contributed by atoms with Crippen molar-refractivity contribution in [3.63, 3.8) is 0 Å². The van der Waals surface area contributed by atoms with Crippen LogP contribution in [-0.4, -0.2) is 42.7 Å². The van der Waals surface area contributed by atoms with E-state index in [1.54, 1.807) is 6.92 Å². The lowest BCUT2D eigenvalue weighted by atomic mass is 9.96. The third kappa shape index (κ3) is 7.59. The van der Waals surface area contributed by atoms with Crippen LogP contribution in [-0.2, 0) is 0 Å². The molecular formula is C28H38NO2+. The fourth-order valence-corrected chi connectivity index (χ4v) is 4.16. The van der Waals surface area contributed by atoms with E-state index < -0.39 is 0 Å². The Labute approximate surface area is 188 Å². The lowest BCUT2D eigenvalue weighted by Crippen LogP contribution is -2.51. The number of piperidine rings is 1. The molecule has 0 bridgehead atoms. The number of hydrogen-bond donors (Lipinski definition) is 0. The van der Waals surface area contributed by atoms with Gasteiger partial charge in [-0.15, -0.1) is 0 Å². The van der Waals surface area contributed by atoms with Crippen molar-refractivity contribution < 1.29 is 14.1 Å². The molecule has 0 N–H and O–H groups in total. The SMILES string of the molecule is C=C(C)C(=O)c1ccc(C)cc1.Cc1ccc(C(=O)C(C)C[N+]2(C)CCCCC2)cc1. The molecule has 0 aromatic heterocycles. The Hall–Kier alpha value is -2.52. The van der Waals surface area contributed by atoms with E-state index in [9.17, 15) is 9.59 Å². The Morgan fingerprint density at radius 2 is 1.32 bits per heavy atom.